The Morgan fingerprint density at radius 1 is 1.10 bits per heavy atom. The third-order valence-electron chi connectivity index (χ3n) is 2.91. The van der Waals surface area contributed by atoms with Gasteiger partial charge in [0.05, 0.1) is 4.90 Å². The van der Waals surface area contributed by atoms with E-state index in [1.165, 1.54) is 12.4 Å². The molecule has 7 heteroatoms. The van der Waals surface area contributed by atoms with Crippen molar-refractivity contribution in [3.8, 4) is 0 Å². The quantitative estimate of drug-likeness (QED) is 0.873. The third kappa shape index (κ3) is 3.31. The predicted octanol–water partition coefficient (Wildman–Crippen LogP) is 1.56. The van der Waals surface area contributed by atoms with E-state index in [4.69, 9.17) is 0 Å². The zero-order chi connectivity index (χ0) is 14.6. The molecule has 20 heavy (non-hydrogen) atoms. The van der Waals surface area contributed by atoms with E-state index in [1.54, 1.807) is 30.3 Å². The number of aromatic nitrogens is 2. The molecule has 0 aliphatic heterocycles. The summed E-state index contributed by atoms with van der Waals surface area (Å²) < 4.78 is 26.6. The van der Waals surface area contributed by atoms with E-state index in [9.17, 15) is 8.42 Å². The van der Waals surface area contributed by atoms with E-state index in [0.717, 1.165) is 5.56 Å². The molecule has 2 N–H and O–H groups in total. The Morgan fingerprint density at radius 2 is 1.70 bits per heavy atom. The molecule has 106 valence electrons. The summed E-state index contributed by atoms with van der Waals surface area (Å²) in [6.45, 7) is 2.00. The van der Waals surface area contributed by atoms with Crippen molar-refractivity contribution in [3.63, 3.8) is 0 Å². The number of rotatable bonds is 5. The van der Waals surface area contributed by atoms with E-state index in [2.05, 4.69) is 20.0 Å². The first kappa shape index (κ1) is 14.4. The van der Waals surface area contributed by atoms with Gasteiger partial charge in [0.15, 0.2) is 0 Å². The van der Waals surface area contributed by atoms with Crippen molar-refractivity contribution in [2.45, 2.75) is 17.9 Å². The normalized spacial score (nSPS) is 12.9. The smallest absolute Gasteiger partial charge is 0.264 e. The number of sulfonamides is 1. The number of nitrogens with one attached hydrogen (secondary N) is 2. The van der Waals surface area contributed by atoms with Crippen LogP contribution in [0.2, 0.25) is 0 Å². The molecule has 0 fully saturated rings. The van der Waals surface area contributed by atoms with Gasteiger partial charge in [0.2, 0.25) is 5.95 Å². The lowest BCUT2D eigenvalue weighted by Crippen LogP contribution is -2.16. The molecular weight excluding hydrogens is 276 g/mol. The fourth-order valence-corrected chi connectivity index (χ4v) is 2.59. The maximum atomic E-state index is 12.1. The summed E-state index contributed by atoms with van der Waals surface area (Å²) in [5.41, 5.74) is 1.02. The van der Waals surface area contributed by atoms with Crippen LogP contribution in [0.4, 0.5) is 5.95 Å². The molecule has 0 radical (unpaired) electrons. The monoisotopic (exact) mass is 292 g/mol. The zero-order valence-corrected chi connectivity index (χ0v) is 12.1. The summed E-state index contributed by atoms with van der Waals surface area (Å²) in [6.07, 6.45) is 2.95. The lowest BCUT2D eigenvalue weighted by atomic mass is 10.1. The van der Waals surface area contributed by atoms with E-state index < -0.39 is 10.0 Å². The highest BCUT2D eigenvalue weighted by Gasteiger charge is 2.15. The molecule has 0 aliphatic rings. The number of hydrogen-bond acceptors (Lipinski definition) is 5. The molecule has 6 nitrogen and oxygen atoms in total. The average molecular weight is 292 g/mol. The van der Waals surface area contributed by atoms with Gasteiger partial charge < -0.3 is 5.32 Å². The number of anilines is 1. The molecule has 1 atom stereocenters. The maximum Gasteiger partial charge on any atom is 0.264 e. The van der Waals surface area contributed by atoms with Crippen LogP contribution in [-0.2, 0) is 10.0 Å². The molecule has 0 saturated heterocycles. The van der Waals surface area contributed by atoms with Gasteiger partial charge in [-0.25, -0.2) is 23.1 Å². The Hall–Kier alpha value is -1.99. The second kappa shape index (κ2) is 5.98. The first-order valence-corrected chi connectivity index (χ1v) is 7.58. The first-order chi connectivity index (χ1) is 9.53. The maximum absolute atomic E-state index is 12.1. The first-order valence-electron chi connectivity index (χ1n) is 6.10. The SMILES string of the molecule is CNC(C)c1ccc(S(=O)(=O)Nc2ncccn2)cc1. The second-order valence-corrected chi connectivity index (χ2v) is 5.94. The fourth-order valence-electron chi connectivity index (χ4n) is 1.63. The Balaban J connectivity index is 2.22. The van der Waals surface area contributed by atoms with Crippen LogP contribution in [-0.4, -0.2) is 25.4 Å². The molecular formula is C13H16N4O2S. The van der Waals surface area contributed by atoms with Gasteiger partial charge in [-0.05, 0) is 37.7 Å². The van der Waals surface area contributed by atoms with Gasteiger partial charge in [0.25, 0.3) is 10.0 Å². The molecule has 0 bridgehead atoms. The Bertz CT molecular complexity index is 657. The molecule has 0 aliphatic carbocycles. The zero-order valence-electron chi connectivity index (χ0n) is 11.2. The molecule has 1 heterocycles. The Morgan fingerprint density at radius 3 is 2.25 bits per heavy atom. The van der Waals surface area contributed by atoms with Crippen LogP contribution >= 0.6 is 0 Å². The molecule has 1 aromatic carbocycles. The third-order valence-corrected chi connectivity index (χ3v) is 4.26. The van der Waals surface area contributed by atoms with E-state index in [1.807, 2.05) is 14.0 Å². The van der Waals surface area contributed by atoms with Crippen molar-refractivity contribution in [2.75, 3.05) is 11.8 Å². The molecule has 0 amide bonds. The Kier molecular flexibility index (Phi) is 4.31. The summed E-state index contributed by atoms with van der Waals surface area (Å²) in [5, 5.41) is 3.09. The van der Waals surface area contributed by atoms with Gasteiger partial charge in [0.1, 0.15) is 0 Å². The van der Waals surface area contributed by atoms with Gasteiger partial charge in [0, 0.05) is 18.4 Å². The fraction of sp³-hybridized carbons (Fsp3) is 0.231. The summed E-state index contributed by atoms with van der Waals surface area (Å²) in [5.74, 6) is 0.0557. The average Bonchev–Trinajstić information content (AvgIpc) is 2.47. The summed E-state index contributed by atoms with van der Waals surface area (Å²) in [7, 11) is -1.81. The van der Waals surface area contributed by atoms with Crippen LogP contribution in [0.15, 0.2) is 47.6 Å². The molecule has 1 unspecified atom stereocenters. The van der Waals surface area contributed by atoms with Gasteiger partial charge in [-0.3, -0.25) is 0 Å². The van der Waals surface area contributed by atoms with E-state index in [0.29, 0.717) is 0 Å². The summed E-state index contributed by atoms with van der Waals surface area (Å²) >= 11 is 0. The lowest BCUT2D eigenvalue weighted by molar-refractivity contribution is 0.600. The standard InChI is InChI=1S/C13H16N4O2S/c1-10(14-2)11-4-6-12(7-5-11)20(18,19)17-13-15-8-3-9-16-13/h3-10,14H,1-2H3,(H,15,16,17). The molecule has 0 spiro atoms. The minimum Gasteiger partial charge on any atom is -0.313 e. The molecule has 2 aromatic rings. The van der Waals surface area contributed by atoms with Crippen molar-refractivity contribution in [3.05, 3.63) is 48.3 Å². The van der Waals surface area contributed by atoms with Crippen LogP contribution in [0.5, 0.6) is 0 Å². The van der Waals surface area contributed by atoms with Gasteiger partial charge in [-0.2, -0.15) is 0 Å². The minimum absolute atomic E-state index is 0.0557. The summed E-state index contributed by atoms with van der Waals surface area (Å²) in [6, 6.07) is 8.47. The highest BCUT2D eigenvalue weighted by Crippen LogP contribution is 2.17. The van der Waals surface area contributed by atoms with Crippen molar-refractivity contribution in [1.29, 1.82) is 0 Å². The number of nitrogens with zero attached hydrogens (tertiary/aromatic N) is 2. The molecule has 2 rings (SSSR count). The van der Waals surface area contributed by atoms with Gasteiger partial charge in [-0.15, -0.1) is 0 Å². The van der Waals surface area contributed by atoms with Crippen molar-refractivity contribution < 1.29 is 8.42 Å². The van der Waals surface area contributed by atoms with E-state index in [-0.39, 0.29) is 16.9 Å². The van der Waals surface area contributed by atoms with Crippen LogP contribution in [0.25, 0.3) is 0 Å². The number of benzene rings is 1. The van der Waals surface area contributed by atoms with Crippen molar-refractivity contribution in [1.82, 2.24) is 15.3 Å². The van der Waals surface area contributed by atoms with Crippen molar-refractivity contribution in [2.24, 2.45) is 0 Å². The number of hydrogen-bond donors (Lipinski definition) is 2. The summed E-state index contributed by atoms with van der Waals surface area (Å²) in [4.78, 5) is 7.85. The lowest BCUT2D eigenvalue weighted by Gasteiger charge is -2.11. The van der Waals surface area contributed by atoms with Crippen LogP contribution < -0.4 is 10.0 Å². The van der Waals surface area contributed by atoms with Crippen molar-refractivity contribution >= 4 is 16.0 Å². The highest BCUT2D eigenvalue weighted by molar-refractivity contribution is 7.92. The molecule has 0 saturated carbocycles. The minimum atomic E-state index is -3.66. The molecule has 1 aromatic heterocycles. The van der Waals surface area contributed by atoms with Gasteiger partial charge in [-0.1, -0.05) is 12.1 Å². The van der Waals surface area contributed by atoms with Crippen LogP contribution in [0.1, 0.15) is 18.5 Å². The van der Waals surface area contributed by atoms with Crippen LogP contribution in [0, 0.1) is 0 Å². The topological polar surface area (TPSA) is 84.0 Å². The predicted molar refractivity (Wildman–Crippen MR) is 76.8 cm³/mol. The van der Waals surface area contributed by atoms with E-state index >= 15 is 0 Å². The Labute approximate surface area is 118 Å². The van der Waals surface area contributed by atoms with Gasteiger partial charge >= 0.3 is 0 Å². The highest BCUT2D eigenvalue weighted by atomic mass is 32.2. The van der Waals surface area contributed by atoms with Crippen LogP contribution in [0.3, 0.4) is 0 Å². The largest absolute Gasteiger partial charge is 0.313 e. The second-order valence-electron chi connectivity index (χ2n) is 4.26.